The number of unbranched alkanes of at least 4 members (excludes halogenated alkanes) is 1. The average molecular weight is 300 g/mol. The molecule has 0 bridgehead atoms. The summed E-state index contributed by atoms with van der Waals surface area (Å²) in [5, 5.41) is 6.72. The molecule has 0 rings (SSSR count). The van der Waals surface area contributed by atoms with Crippen LogP contribution in [0, 0.1) is 0 Å². The molecule has 0 aliphatic carbocycles. The largest absolute Gasteiger partial charge is 0.394 e. The van der Waals surface area contributed by atoms with Gasteiger partial charge in [-0.3, -0.25) is 9.11 Å². The molecule has 0 amide bonds. The van der Waals surface area contributed by atoms with Gasteiger partial charge < -0.3 is 22.1 Å². The van der Waals surface area contributed by atoms with Gasteiger partial charge in [0.2, 0.25) is 0 Å². The predicted octanol–water partition coefficient (Wildman–Crippen LogP) is -1.01. The van der Waals surface area contributed by atoms with Gasteiger partial charge in [-0.2, -0.15) is 8.42 Å². The molecule has 0 unspecified atom stereocenters. The van der Waals surface area contributed by atoms with Gasteiger partial charge in [0.05, 0.1) is 0 Å². The first-order valence-corrected chi connectivity index (χ1v) is 7.83. The molecule has 0 spiro atoms. The Morgan fingerprint density at radius 2 is 1.00 bits per heavy atom. The van der Waals surface area contributed by atoms with Gasteiger partial charge >= 0.3 is 10.4 Å². The molecule has 8 N–H and O–H groups in total. The zero-order valence-corrected chi connectivity index (χ0v) is 12.2. The van der Waals surface area contributed by atoms with Crippen molar-refractivity contribution in [1.29, 1.82) is 0 Å². The first-order valence-electron chi connectivity index (χ1n) is 6.43. The Morgan fingerprint density at radius 3 is 1.26 bits per heavy atom. The summed E-state index contributed by atoms with van der Waals surface area (Å²) in [6, 6.07) is 0. The van der Waals surface area contributed by atoms with E-state index in [4.69, 9.17) is 29.0 Å². The molecule has 0 aliphatic heterocycles. The molecule has 0 aromatic heterocycles. The molecule has 0 aliphatic rings. The summed E-state index contributed by atoms with van der Waals surface area (Å²) in [6.07, 6.45) is 4.63. The van der Waals surface area contributed by atoms with Crippen LogP contribution in [0.2, 0.25) is 0 Å². The van der Waals surface area contributed by atoms with Crippen LogP contribution < -0.4 is 22.1 Å². The Kier molecular flexibility index (Phi) is 17.4. The minimum atomic E-state index is -4.67. The van der Waals surface area contributed by atoms with Crippen LogP contribution >= 0.6 is 0 Å². The number of nitrogens with one attached hydrogen (secondary N) is 2. The first-order chi connectivity index (χ1) is 8.91. The highest BCUT2D eigenvalue weighted by Crippen LogP contribution is 1.85. The van der Waals surface area contributed by atoms with Gasteiger partial charge in [-0.15, -0.1) is 0 Å². The SMILES string of the molecule is NCCCNCCCCNCCCN.O=S(=O)(O)O. The maximum Gasteiger partial charge on any atom is 0.394 e. The van der Waals surface area contributed by atoms with E-state index < -0.39 is 10.4 Å². The van der Waals surface area contributed by atoms with Crippen LogP contribution in [-0.4, -0.2) is 56.8 Å². The highest BCUT2D eigenvalue weighted by Gasteiger charge is 1.89. The molecule has 8 nitrogen and oxygen atoms in total. The van der Waals surface area contributed by atoms with Crippen LogP contribution in [0.15, 0.2) is 0 Å². The van der Waals surface area contributed by atoms with Crippen molar-refractivity contribution >= 4 is 10.4 Å². The molecule has 19 heavy (non-hydrogen) atoms. The Hall–Kier alpha value is -0.290. The minimum absolute atomic E-state index is 0.785. The number of rotatable bonds is 11. The molecule has 0 atom stereocenters. The fraction of sp³-hybridized carbons (Fsp3) is 1.00. The maximum absolute atomic E-state index is 8.74. The van der Waals surface area contributed by atoms with Crippen LogP contribution in [0.4, 0.5) is 0 Å². The third kappa shape index (κ3) is 38.1. The smallest absolute Gasteiger partial charge is 0.330 e. The van der Waals surface area contributed by atoms with Gasteiger partial charge in [-0.25, -0.2) is 0 Å². The summed E-state index contributed by atoms with van der Waals surface area (Å²) >= 11 is 0. The van der Waals surface area contributed by atoms with Crippen molar-refractivity contribution in [3.63, 3.8) is 0 Å². The zero-order valence-electron chi connectivity index (χ0n) is 11.3. The van der Waals surface area contributed by atoms with Crippen molar-refractivity contribution in [2.75, 3.05) is 39.3 Å². The molecule has 0 saturated carbocycles. The van der Waals surface area contributed by atoms with Crippen LogP contribution in [0.25, 0.3) is 0 Å². The molecule has 0 heterocycles. The van der Waals surface area contributed by atoms with Crippen molar-refractivity contribution in [2.45, 2.75) is 25.7 Å². The second-order valence-electron chi connectivity index (χ2n) is 3.94. The molecule has 0 saturated heterocycles. The van der Waals surface area contributed by atoms with Gasteiger partial charge in [0.15, 0.2) is 0 Å². The van der Waals surface area contributed by atoms with E-state index in [-0.39, 0.29) is 0 Å². The Bertz CT molecular complexity index is 242. The van der Waals surface area contributed by atoms with E-state index in [0.717, 1.165) is 52.1 Å². The van der Waals surface area contributed by atoms with E-state index in [1.54, 1.807) is 0 Å². The van der Waals surface area contributed by atoms with Crippen LogP contribution in [-0.2, 0) is 10.4 Å². The van der Waals surface area contributed by atoms with E-state index in [1.807, 2.05) is 0 Å². The zero-order chi connectivity index (χ0) is 15.0. The van der Waals surface area contributed by atoms with Crippen molar-refractivity contribution in [2.24, 2.45) is 11.5 Å². The normalized spacial score (nSPS) is 10.9. The Balaban J connectivity index is 0. The molecule has 9 heteroatoms. The highest BCUT2D eigenvalue weighted by molar-refractivity contribution is 7.79. The van der Waals surface area contributed by atoms with Gasteiger partial charge in [0.25, 0.3) is 0 Å². The molecule has 0 fully saturated rings. The second kappa shape index (κ2) is 15.8. The van der Waals surface area contributed by atoms with Gasteiger partial charge in [0.1, 0.15) is 0 Å². The Labute approximate surface area is 115 Å². The van der Waals surface area contributed by atoms with Crippen LogP contribution in [0.3, 0.4) is 0 Å². The monoisotopic (exact) mass is 300 g/mol. The van der Waals surface area contributed by atoms with E-state index in [0.29, 0.717) is 0 Å². The third-order valence-electron chi connectivity index (χ3n) is 2.07. The van der Waals surface area contributed by atoms with E-state index in [9.17, 15) is 0 Å². The van der Waals surface area contributed by atoms with Crippen molar-refractivity contribution in [3.05, 3.63) is 0 Å². The Morgan fingerprint density at radius 1 is 0.737 bits per heavy atom. The highest BCUT2D eigenvalue weighted by atomic mass is 32.3. The molecular weight excluding hydrogens is 272 g/mol. The lowest BCUT2D eigenvalue weighted by atomic mass is 10.3. The van der Waals surface area contributed by atoms with Gasteiger partial charge in [-0.1, -0.05) is 0 Å². The van der Waals surface area contributed by atoms with Gasteiger partial charge in [-0.05, 0) is 65.0 Å². The predicted molar refractivity (Wildman–Crippen MR) is 76.5 cm³/mol. The standard InChI is InChI=1S/C10H26N4.H2O4S/c11-5-3-9-13-7-1-2-8-14-10-4-6-12;1-5(2,3)4/h13-14H,1-12H2;(H2,1,2,3,4). The molecule has 0 radical (unpaired) electrons. The summed E-state index contributed by atoms with van der Waals surface area (Å²) in [4.78, 5) is 0. The molecule has 118 valence electrons. The summed E-state index contributed by atoms with van der Waals surface area (Å²) in [5.74, 6) is 0. The van der Waals surface area contributed by atoms with Crippen molar-refractivity contribution < 1.29 is 17.5 Å². The molecule has 0 aromatic rings. The molecule has 0 aromatic carbocycles. The quantitative estimate of drug-likeness (QED) is 0.210. The first kappa shape index (κ1) is 21.0. The van der Waals surface area contributed by atoms with Crippen LogP contribution in [0.1, 0.15) is 25.7 Å². The lowest BCUT2D eigenvalue weighted by Gasteiger charge is -2.04. The van der Waals surface area contributed by atoms with E-state index in [1.165, 1.54) is 12.8 Å². The summed E-state index contributed by atoms with van der Waals surface area (Å²) in [6.45, 7) is 5.90. The number of hydrogen-bond acceptors (Lipinski definition) is 6. The fourth-order valence-corrected chi connectivity index (χ4v) is 1.20. The van der Waals surface area contributed by atoms with Crippen LogP contribution in [0.5, 0.6) is 0 Å². The summed E-state index contributed by atoms with van der Waals surface area (Å²) < 4.78 is 31.6. The maximum atomic E-state index is 8.74. The lowest BCUT2D eigenvalue weighted by molar-refractivity contribution is 0.381. The topological polar surface area (TPSA) is 151 Å². The summed E-state index contributed by atoms with van der Waals surface area (Å²) in [7, 11) is -4.67. The molecular formula is C10H28N4O4S. The lowest BCUT2D eigenvalue weighted by Crippen LogP contribution is -2.22. The van der Waals surface area contributed by atoms with Crippen molar-refractivity contribution in [3.8, 4) is 0 Å². The number of hydrogen-bond donors (Lipinski definition) is 6. The second-order valence-corrected chi connectivity index (χ2v) is 4.84. The van der Waals surface area contributed by atoms with Gasteiger partial charge in [0, 0.05) is 0 Å². The number of nitrogens with two attached hydrogens (primary N) is 2. The van der Waals surface area contributed by atoms with E-state index >= 15 is 0 Å². The van der Waals surface area contributed by atoms with E-state index in [2.05, 4.69) is 10.6 Å². The fourth-order valence-electron chi connectivity index (χ4n) is 1.20. The third-order valence-corrected chi connectivity index (χ3v) is 2.07. The average Bonchev–Trinajstić information content (AvgIpc) is 2.29. The van der Waals surface area contributed by atoms with Crippen molar-refractivity contribution in [1.82, 2.24) is 10.6 Å². The minimum Gasteiger partial charge on any atom is -0.330 e. The summed E-state index contributed by atoms with van der Waals surface area (Å²) in [5.41, 5.74) is 10.8.